The number of carbonyl (C=O) groups is 15. The van der Waals surface area contributed by atoms with Crippen LogP contribution in [0, 0.1) is 23.5 Å². The van der Waals surface area contributed by atoms with Crippen LogP contribution >= 0.6 is 0 Å². The van der Waals surface area contributed by atoms with E-state index in [1.807, 2.05) is 27.7 Å². The summed E-state index contributed by atoms with van der Waals surface area (Å²) in [6.45, 7) is 7.53. The van der Waals surface area contributed by atoms with Crippen LogP contribution in [-0.4, -0.2) is 152 Å². The number of benzene rings is 7. The number of imide groups is 5. The van der Waals surface area contributed by atoms with Crippen molar-refractivity contribution >= 4 is 88.7 Å². The van der Waals surface area contributed by atoms with Gasteiger partial charge in [0.05, 0.1) is 62.0 Å². The van der Waals surface area contributed by atoms with E-state index >= 15 is 0 Å². The smallest absolute Gasteiger partial charge is 0.327 e. The Kier molecular flexibility index (Phi) is 22.4. The van der Waals surface area contributed by atoms with E-state index < -0.39 is 131 Å². The summed E-state index contributed by atoms with van der Waals surface area (Å²) in [4.78, 5) is 192. The Morgan fingerprint density at radius 1 is 0.388 bits per heavy atom. The number of primary amides is 3. The average Bonchev–Trinajstić information content (AvgIpc) is 1.75. The number of H-pyrrole nitrogens is 1. The van der Waals surface area contributed by atoms with Gasteiger partial charge >= 0.3 is 11.9 Å². The van der Waals surface area contributed by atoms with Crippen molar-refractivity contribution in [3.63, 3.8) is 0 Å². The first kappa shape index (κ1) is 73.9. The average molecular weight is 1400 g/mol. The third-order valence-electron chi connectivity index (χ3n) is 16.8. The Balaban J connectivity index is 0.000000150. The Morgan fingerprint density at radius 2 is 0.680 bits per heavy atom. The van der Waals surface area contributed by atoms with E-state index in [0.717, 1.165) is 37.8 Å². The number of hydrogen-bond acceptors (Lipinski definition) is 16. The van der Waals surface area contributed by atoms with Crippen molar-refractivity contribution in [3.8, 4) is 0 Å². The number of fused-ring (bicyclic) bond motifs is 5. The van der Waals surface area contributed by atoms with Gasteiger partial charge in [0, 0.05) is 23.9 Å². The van der Waals surface area contributed by atoms with Gasteiger partial charge in [-0.05, 0) is 109 Å². The molecule has 1 aromatic heterocycles. The summed E-state index contributed by atoms with van der Waals surface area (Å²) in [7, 11) is 0. The number of aromatic amines is 1. The molecule has 0 aliphatic carbocycles. The van der Waals surface area contributed by atoms with Crippen LogP contribution in [0.1, 0.15) is 173 Å². The van der Waals surface area contributed by atoms with E-state index in [-0.39, 0.29) is 80.3 Å². The molecule has 0 spiro atoms. The number of halogens is 2. The molecule has 0 saturated carbocycles. The molecule has 6 heterocycles. The number of carboxylic acids is 2. The van der Waals surface area contributed by atoms with Gasteiger partial charge in [0.2, 0.25) is 17.7 Å². The van der Waals surface area contributed by atoms with Gasteiger partial charge in [0.25, 0.3) is 59.1 Å². The second-order valence-electron chi connectivity index (χ2n) is 24.5. The number of amides is 13. The summed E-state index contributed by atoms with van der Waals surface area (Å²) in [6, 6.07) is 36.1. The fraction of sp³-hybridized carbons (Fsp3) is 0.189. The molecule has 13 amide bonds. The zero-order valence-electron chi connectivity index (χ0n) is 55.2. The number of carbonyl (C=O) groups excluding carboxylic acids is 13. The predicted molar refractivity (Wildman–Crippen MR) is 358 cm³/mol. The lowest BCUT2D eigenvalue weighted by molar-refractivity contribution is -0.142. The second-order valence-corrected chi connectivity index (χ2v) is 24.5. The highest BCUT2D eigenvalue weighted by Gasteiger charge is 2.48. The number of rotatable bonds is 18. The first-order valence-electron chi connectivity index (χ1n) is 31.6. The van der Waals surface area contributed by atoms with Crippen molar-refractivity contribution in [2.75, 3.05) is 0 Å². The van der Waals surface area contributed by atoms with E-state index in [1.165, 1.54) is 79.3 Å². The normalized spacial score (nSPS) is 15.3. The fourth-order valence-corrected chi connectivity index (χ4v) is 12.0. The highest BCUT2D eigenvalue weighted by atomic mass is 19.1. The van der Waals surface area contributed by atoms with Crippen LogP contribution in [-0.2, 0) is 30.4 Å². The molecular formula is C74H64F2N10O17. The number of nitrogens with two attached hydrogens (primary N) is 3. The number of nitrogens with one attached hydrogen (secondary N) is 1. The maximum absolute atomic E-state index is 14.0. The second kappa shape index (κ2) is 31.2. The molecule has 5 aliphatic rings. The summed E-state index contributed by atoms with van der Waals surface area (Å²) in [5.41, 5.74) is 19.2. The molecule has 7 aromatic carbocycles. The van der Waals surface area contributed by atoms with Gasteiger partial charge in [0.1, 0.15) is 41.8 Å². The van der Waals surface area contributed by atoms with Gasteiger partial charge in [-0.1, -0.05) is 119 Å². The van der Waals surface area contributed by atoms with Crippen molar-refractivity contribution < 1.29 is 90.9 Å². The van der Waals surface area contributed by atoms with Crippen LogP contribution in [0.15, 0.2) is 182 Å². The molecule has 27 nitrogen and oxygen atoms in total. The van der Waals surface area contributed by atoms with E-state index in [2.05, 4.69) is 9.97 Å². The zero-order valence-corrected chi connectivity index (χ0v) is 55.2. The van der Waals surface area contributed by atoms with Crippen LogP contribution < -0.4 is 17.2 Å². The van der Waals surface area contributed by atoms with E-state index in [1.54, 1.807) is 84.9 Å². The number of aliphatic carboxylic acids is 2. The van der Waals surface area contributed by atoms with Gasteiger partial charge in [-0.15, -0.1) is 0 Å². The molecule has 0 saturated heterocycles. The number of nitrogens with zero attached hydrogens (tertiary/aromatic N) is 6. The number of aromatic nitrogens is 2. The summed E-state index contributed by atoms with van der Waals surface area (Å²) < 4.78 is 27.0. The molecule has 0 bridgehead atoms. The van der Waals surface area contributed by atoms with E-state index in [0.29, 0.717) is 28.1 Å². The molecule has 5 unspecified atom stereocenters. The van der Waals surface area contributed by atoms with Gasteiger partial charge in [-0.25, -0.2) is 23.4 Å². The number of imidazole rings is 1. The maximum atomic E-state index is 14.0. The zero-order chi connectivity index (χ0) is 75.0. The van der Waals surface area contributed by atoms with Crippen LogP contribution in [0.25, 0.3) is 0 Å². The molecule has 0 radical (unpaired) electrons. The third-order valence-corrected chi connectivity index (χ3v) is 16.8. The van der Waals surface area contributed by atoms with Gasteiger partial charge in [-0.2, -0.15) is 0 Å². The largest absolute Gasteiger partial charge is 0.480 e. The first-order valence-corrected chi connectivity index (χ1v) is 31.6. The Morgan fingerprint density at radius 3 is 0.971 bits per heavy atom. The van der Waals surface area contributed by atoms with Crippen LogP contribution in [0.4, 0.5) is 8.78 Å². The minimum atomic E-state index is -1.48. The third kappa shape index (κ3) is 15.1. The van der Waals surface area contributed by atoms with E-state index in [4.69, 9.17) is 17.2 Å². The number of hydrogen-bond donors (Lipinski definition) is 6. The summed E-state index contributed by atoms with van der Waals surface area (Å²) in [5, 5.41) is 18.6. The molecule has 9 N–H and O–H groups in total. The molecule has 5 aliphatic heterocycles. The fourth-order valence-electron chi connectivity index (χ4n) is 12.0. The lowest BCUT2D eigenvalue weighted by Gasteiger charge is -2.24. The number of carboxylic acid groups (broad SMARTS) is 2. The molecule has 13 rings (SSSR count). The molecule has 8 aromatic rings. The molecule has 29 heteroatoms. The SMILES string of the molecule is CC(C)CC(C(=O)O)N1C(=O)c2ccccc2C1=O.CC(C)CC(C(N)=O)N1C(=O)c2ccccc2C1=O.NC(=O)C(c1ccc(F)cc1)N1C(=O)c2ccccc2C1=O.NC(=O)C(c1ccccc1F)N1C(=O)c2ccccc2C1=O.O=C(O)C(Cc1cnc[nH]1)N1C(=O)c2ccccc2C1=O. The van der Waals surface area contributed by atoms with Crippen molar-refractivity contribution in [2.24, 2.45) is 29.0 Å². The molecular weight excluding hydrogens is 1340 g/mol. The minimum Gasteiger partial charge on any atom is -0.480 e. The van der Waals surface area contributed by atoms with Crippen LogP contribution in [0.2, 0.25) is 0 Å². The summed E-state index contributed by atoms with van der Waals surface area (Å²) in [5.74, 6) is -11.4. The molecule has 103 heavy (non-hydrogen) atoms. The Labute approximate surface area is 584 Å². The topological polar surface area (TPSA) is 419 Å². The van der Waals surface area contributed by atoms with Crippen molar-refractivity contribution in [1.82, 2.24) is 34.5 Å². The van der Waals surface area contributed by atoms with Crippen LogP contribution in [0.5, 0.6) is 0 Å². The Hall–Kier alpha value is -13.3. The molecule has 526 valence electrons. The molecule has 5 atom stereocenters. The standard InChI is InChI=1S/2C16H11FN2O3.C14H11N3O4.C14H16N2O3.C14H15NO4/c17-12-8-4-3-7-11(12)13(14(18)20)19-15(21)9-5-1-2-6-10(9)16(19)22;17-10-7-5-9(6-8-10)13(14(18)20)19-15(21)11-3-1-2-4-12(11)16(19)22;18-12-9-3-1-2-4-10(9)13(19)17(12)11(14(20)21)5-8-6-15-7-16-8;1-8(2)7-11(12(15)17)16-13(18)9-5-3-4-6-10(9)14(16)19;1-8(2)7-11(14(18)19)15-12(16)9-5-3-4-6-10(9)13(15)17/h2*1-8,13H,(H2,18,20);1-4,6-7,11H,5H2,(H,15,16)(H,20,21);3-6,8,11H,7H2,1-2H3,(H2,15,17);3-6,8,11H,7H2,1-2H3,(H,18,19). The monoisotopic (exact) mass is 1400 g/mol. The Bertz CT molecular complexity index is 4520. The molecule has 0 fully saturated rings. The first-order chi connectivity index (χ1) is 49.0. The van der Waals surface area contributed by atoms with Crippen molar-refractivity contribution in [2.45, 2.75) is 77.2 Å². The van der Waals surface area contributed by atoms with Crippen LogP contribution in [0.3, 0.4) is 0 Å². The van der Waals surface area contributed by atoms with Gasteiger partial charge in [0.15, 0.2) is 0 Å². The van der Waals surface area contributed by atoms with Crippen molar-refractivity contribution in [1.29, 1.82) is 0 Å². The van der Waals surface area contributed by atoms with Crippen molar-refractivity contribution in [3.05, 3.63) is 266 Å². The van der Waals surface area contributed by atoms with Gasteiger partial charge < -0.3 is 32.4 Å². The predicted octanol–water partition coefficient (Wildman–Crippen LogP) is 6.96. The van der Waals surface area contributed by atoms with E-state index in [9.17, 15) is 90.9 Å². The maximum Gasteiger partial charge on any atom is 0.327 e. The summed E-state index contributed by atoms with van der Waals surface area (Å²) in [6.07, 6.45) is 3.49. The highest BCUT2D eigenvalue weighted by molar-refractivity contribution is 6.26. The quantitative estimate of drug-likeness (QED) is 0.0472. The highest BCUT2D eigenvalue weighted by Crippen LogP contribution is 2.35. The van der Waals surface area contributed by atoms with Gasteiger partial charge in [-0.3, -0.25) is 86.8 Å². The lowest BCUT2D eigenvalue weighted by atomic mass is 10.0. The minimum absolute atomic E-state index is 0.0131. The lowest BCUT2D eigenvalue weighted by Crippen LogP contribution is -2.48. The summed E-state index contributed by atoms with van der Waals surface area (Å²) >= 11 is 0.